The third-order valence-electron chi connectivity index (χ3n) is 3.72. The van der Waals surface area contributed by atoms with Gasteiger partial charge in [-0.05, 0) is 31.2 Å². The van der Waals surface area contributed by atoms with Gasteiger partial charge in [0.1, 0.15) is 10.5 Å². The molecule has 0 fully saturated rings. The Kier molecular flexibility index (Phi) is 6.73. The average Bonchev–Trinajstić information content (AvgIpc) is 2.66. The van der Waals surface area contributed by atoms with Crippen molar-refractivity contribution in [3.63, 3.8) is 0 Å². The van der Waals surface area contributed by atoms with Gasteiger partial charge in [0.2, 0.25) is 0 Å². The van der Waals surface area contributed by atoms with Crippen LogP contribution < -0.4 is 4.18 Å². The molecule has 0 spiro atoms. The van der Waals surface area contributed by atoms with E-state index in [1.165, 1.54) is 6.92 Å². The highest BCUT2D eigenvalue weighted by Crippen LogP contribution is 2.38. The van der Waals surface area contributed by atoms with Crippen molar-refractivity contribution in [1.82, 2.24) is 0 Å². The van der Waals surface area contributed by atoms with Crippen molar-refractivity contribution in [3.05, 3.63) is 63.2 Å². The van der Waals surface area contributed by atoms with Gasteiger partial charge in [0.15, 0.2) is 5.75 Å². The van der Waals surface area contributed by atoms with Crippen LogP contribution in [0, 0.1) is 10.1 Å². The third kappa shape index (κ3) is 5.66. The van der Waals surface area contributed by atoms with E-state index < -0.39 is 66.4 Å². The maximum atomic E-state index is 13.0. The maximum absolute atomic E-state index is 13.0. The molecule has 0 heterocycles. The van der Waals surface area contributed by atoms with Gasteiger partial charge in [0, 0.05) is 12.1 Å². The molecule has 0 saturated heterocycles. The summed E-state index contributed by atoms with van der Waals surface area (Å²) in [5, 5.41) is 10.9. The molecule has 0 bridgehead atoms. The van der Waals surface area contributed by atoms with Crippen molar-refractivity contribution in [2.45, 2.75) is 24.2 Å². The Morgan fingerprint density at radius 2 is 1.53 bits per heavy atom. The predicted octanol–water partition coefficient (Wildman–Crippen LogP) is 4.58. The number of nitrogens with zero attached hydrogens (tertiary/aromatic N) is 1. The maximum Gasteiger partial charge on any atom is 0.416 e. The average molecular weight is 487 g/mol. The lowest BCUT2D eigenvalue weighted by molar-refractivity contribution is -0.384. The first-order valence-electron chi connectivity index (χ1n) is 8.26. The molecule has 0 radical (unpaired) electrons. The van der Waals surface area contributed by atoms with Crippen LogP contribution in [0.25, 0.3) is 0 Å². The lowest BCUT2D eigenvalue weighted by atomic mass is 10.1. The van der Waals surface area contributed by atoms with Crippen LogP contribution in [0.4, 0.5) is 32.0 Å². The van der Waals surface area contributed by atoms with Crippen molar-refractivity contribution >= 4 is 21.8 Å². The van der Waals surface area contributed by atoms with Crippen molar-refractivity contribution in [3.8, 4) is 5.75 Å². The zero-order valence-corrected chi connectivity index (χ0v) is 16.5. The van der Waals surface area contributed by atoms with Gasteiger partial charge in [-0.2, -0.15) is 34.8 Å². The summed E-state index contributed by atoms with van der Waals surface area (Å²) >= 11 is 0. The third-order valence-corrected chi connectivity index (χ3v) is 4.93. The summed E-state index contributed by atoms with van der Waals surface area (Å²) in [5.41, 5.74) is -5.29. The number of hydrogen-bond acceptors (Lipinski definition) is 7. The molecule has 0 amide bonds. The molecule has 32 heavy (non-hydrogen) atoms. The number of carbonyl (C=O) groups excluding carboxylic acids is 1. The first-order valence-corrected chi connectivity index (χ1v) is 9.66. The Balaban J connectivity index is 2.63. The second-order valence-corrected chi connectivity index (χ2v) is 7.48. The summed E-state index contributed by atoms with van der Waals surface area (Å²) in [6.45, 7) is 1.12. The largest absolute Gasteiger partial charge is 0.462 e. The quantitative estimate of drug-likeness (QED) is 0.193. The fourth-order valence-corrected chi connectivity index (χ4v) is 3.33. The summed E-state index contributed by atoms with van der Waals surface area (Å²) in [6, 6.07) is 1.48. The van der Waals surface area contributed by atoms with Crippen LogP contribution in [-0.2, 0) is 27.2 Å². The number of esters is 1. The van der Waals surface area contributed by atoms with Crippen LogP contribution in [0.5, 0.6) is 5.75 Å². The highest BCUT2D eigenvalue weighted by atomic mass is 32.2. The fourth-order valence-electron chi connectivity index (χ4n) is 2.31. The zero-order valence-electron chi connectivity index (χ0n) is 15.7. The van der Waals surface area contributed by atoms with Crippen molar-refractivity contribution < 1.29 is 53.4 Å². The van der Waals surface area contributed by atoms with Gasteiger partial charge in [-0.3, -0.25) is 10.1 Å². The van der Waals surface area contributed by atoms with Crippen molar-refractivity contribution in [2.75, 3.05) is 6.61 Å². The lowest BCUT2D eigenvalue weighted by Crippen LogP contribution is -2.17. The first kappa shape index (κ1) is 24.9. The van der Waals surface area contributed by atoms with Gasteiger partial charge >= 0.3 is 28.4 Å². The molecule has 0 aromatic heterocycles. The van der Waals surface area contributed by atoms with Crippen LogP contribution in [0.1, 0.15) is 28.4 Å². The summed E-state index contributed by atoms with van der Waals surface area (Å²) in [5.74, 6) is -2.18. The van der Waals surface area contributed by atoms with Crippen molar-refractivity contribution in [2.24, 2.45) is 0 Å². The number of nitro benzene ring substituents is 1. The number of nitro groups is 1. The molecule has 2 aromatic carbocycles. The van der Waals surface area contributed by atoms with E-state index in [-0.39, 0.29) is 24.8 Å². The molecule has 0 atom stereocenters. The number of ether oxygens (including phenoxy) is 1. The van der Waals surface area contributed by atoms with Crippen LogP contribution in [0.15, 0.2) is 41.3 Å². The van der Waals surface area contributed by atoms with E-state index in [1.807, 2.05) is 0 Å². The molecule has 15 heteroatoms. The monoisotopic (exact) mass is 487 g/mol. The van der Waals surface area contributed by atoms with Crippen LogP contribution in [0.3, 0.4) is 0 Å². The predicted molar refractivity (Wildman–Crippen MR) is 93.3 cm³/mol. The first-order chi connectivity index (χ1) is 14.6. The van der Waals surface area contributed by atoms with E-state index in [4.69, 9.17) is 0 Å². The zero-order chi connectivity index (χ0) is 24.5. The smallest absolute Gasteiger partial charge is 0.416 e. The van der Waals surface area contributed by atoms with E-state index in [0.29, 0.717) is 18.2 Å². The molecule has 0 saturated carbocycles. The van der Waals surface area contributed by atoms with Gasteiger partial charge in [0.05, 0.1) is 22.7 Å². The highest BCUT2D eigenvalue weighted by Gasteiger charge is 2.39. The summed E-state index contributed by atoms with van der Waals surface area (Å²) < 4.78 is 112. The van der Waals surface area contributed by atoms with E-state index in [1.54, 1.807) is 0 Å². The minimum absolute atomic E-state index is 0.0833. The Labute approximate surface area is 175 Å². The minimum Gasteiger partial charge on any atom is -0.462 e. The second kappa shape index (κ2) is 8.64. The molecule has 2 rings (SSSR count). The van der Waals surface area contributed by atoms with Gasteiger partial charge in [-0.25, -0.2) is 4.79 Å². The molecular formula is C17H11F6NO7S. The van der Waals surface area contributed by atoms with E-state index >= 15 is 0 Å². The van der Waals surface area contributed by atoms with Crippen molar-refractivity contribution in [1.29, 1.82) is 0 Å². The molecule has 0 aliphatic carbocycles. The Hall–Kier alpha value is -3.36. The second-order valence-electron chi connectivity index (χ2n) is 5.94. The minimum atomic E-state index is -5.36. The fraction of sp³-hybridized carbons (Fsp3) is 0.235. The molecule has 8 nitrogen and oxygen atoms in total. The lowest BCUT2D eigenvalue weighted by Gasteiger charge is -2.15. The number of rotatable bonds is 6. The molecule has 0 aliphatic rings. The molecule has 174 valence electrons. The molecule has 0 N–H and O–H groups in total. The number of halogens is 6. The molecule has 2 aromatic rings. The standard InChI is InChI=1S/C17H11F6NO7S/c1-2-30-15(25)13-8-11(24(26)27)3-4-14(13)31-32(28,29)12-6-9(16(18,19)20)5-10(7-12)17(21,22)23/h3-8H,2H2,1H3. The number of benzene rings is 2. The van der Waals surface area contributed by atoms with Gasteiger partial charge in [-0.15, -0.1) is 0 Å². The number of hydrogen-bond donors (Lipinski definition) is 0. The highest BCUT2D eigenvalue weighted by molar-refractivity contribution is 7.87. The Bertz CT molecular complexity index is 1130. The Morgan fingerprint density at radius 1 is 1.00 bits per heavy atom. The van der Waals surface area contributed by atoms with Gasteiger partial charge in [0.25, 0.3) is 5.69 Å². The summed E-state index contributed by atoms with van der Waals surface area (Å²) in [6.07, 6.45) is -10.6. The number of alkyl halides is 6. The normalized spacial score (nSPS) is 12.3. The topological polar surface area (TPSA) is 113 Å². The molecule has 0 unspecified atom stereocenters. The SMILES string of the molecule is CCOC(=O)c1cc([N+](=O)[O-])ccc1OS(=O)(=O)c1cc(C(F)(F)F)cc(C(F)(F)F)c1. The molecule has 0 aliphatic heterocycles. The van der Waals surface area contributed by atoms with E-state index in [2.05, 4.69) is 8.92 Å². The summed E-state index contributed by atoms with van der Waals surface area (Å²) in [4.78, 5) is 20.5. The van der Waals surface area contributed by atoms with E-state index in [9.17, 15) is 49.7 Å². The molecular weight excluding hydrogens is 476 g/mol. The summed E-state index contributed by atoms with van der Waals surface area (Å²) in [7, 11) is -5.36. The Morgan fingerprint density at radius 3 is 1.97 bits per heavy atom. The van der Waals surface area contributed by atoms with Gasteiger partial charge < -0.3 is 8.92 Å². The van der Waals surface area contributed by atoms with E-state index in [0.717, 1.165) is 0 Å². The van der Waals surface area contributed by atoms with Crippen LogP contribution >= 0.6 is 0 Å². The number of carbonyl (C=O) groups is 1. The van der Waals surface area contributed by atoms with Crippen LogP contribution in [0.2, 0.25) is 0 Å². The van der Waals surface area contributed by atoms with Crippen LogP contribution in [-0.4, -0.2) is 25.9 Å². The number of non-ortho nitro benzene ring substituents is 1. The van der Waals surface area contributed by atoms with Gasteiger partial charge in [-0.1, -0.05) is 0 Å².